The highest BCUT2D eigenvalue weighted by Gasteiger charge is 1.98. The first-order valence-corrected chi connectivity index (χ1v) is 3.70. The van der Waals surface area contributed by atoms with Crippen molar-refractivity contribution in [2.24, 2.45) is 0 Å². The van der Waals surface area contributed by atoms with Crippen LogP contribution in [-0.4, -0.2) is 16.1 Å². The topological polar surface area (TPSA) is 35.0 Å². The number of hydrogen-bond donors (Lipinski definition) is 0. The molecule has 0 spiro atoms. The Bertz CT molecular complexity index is 240. The van der Waals surface area contributed by atoms with E-state index >= 15 is 0 Å². The Kier molecular flexibility index (Phi) is 2.65. The van der Waals surface area contributed by atoms with Crippen molar-refractivity contribution in [1.29, 1.82) is 0 Å². The number of hydrogen-bond acceptors (Lipinski definition) is 3. The van der Waals surface area contributed by atoms with Gasteiger partial charge in [-0.25, -0.2) is 9.97 Å². The van der Waals surface area contributed by atoms with E-state index in [0.29, 0.717) is 11.0 Å². The summed E-state index contributed by atoms with van der Waals surface area (Å²) in [5.41, 5.74) is 0. The molecular weight excluding hydrogens is 164 g/mol. The summed E-state index contributed by atoms with van der Waals surface area (Å²) >= 11 is 5.60. The third kappa shape index (κ3) is 2.72. The van der Waals surface area contributed by atoms with Gasteiger partial charge in [0, 0.05) is 6.07 Å². The zero-order chi connectivity index (χ0) is 8.27. The summed E-state index contributed by atoms with van der Waals surface area (Å²) in [5.74, 6) is 0.514. The Balaban J connectivity index is 2.71. The van der Waals surface area contributed by atoms with Crippen molar-refractivity contribution in [2.75, 3.05) is 0 Å². The lowest BCUT2D eigenvalue weighted by molar-refractivity contribution is 0.232. The molecule has 0 aliphatic rings. The fourth-order valence-electron chi connectivity index (χ4n) is 0.623. The summed E-state index contributed by atoms with van der Waals surface area (Å²) in [7, 11) is 0. The summed E-state index contributed by atoms with van der Waals surface area (Å²) in [6.07, 6.45) is 1.49. The Morgan fingerprint density at radius 2 is 2.18 bits per heavy atom. The van der Waals surface area contributed by atoms with E-state index in [1.165, 1.54) is 6.33 Å². The zero-order valence-electron chi connectivity index (χ0n) is 6.41. The highest BCUT2D eigenvalue weighted by molar-refractivity contribution is 6.29. The summed E-state index contributed by atoms with van der Waals surface area (Å²) in [4.78, 5) is 7.58. The second kappa shape index (κ2) is 3.53. The van der Waals surface area contributed by atoms with Crippen LogP contribution in [0.4, 0.5) is 0 Å². The van der Waals surface area contributed by atoms with Crippen LogP contribution in [0.15, 0.2) is 12.4 Å². The van der Waals surface area contributed by atoms with Crippen LogP contribution in [0, 0.1) is 0 Å². The van der Waals surface area contributed by atoms with E-state index in [9.17, 15) is 0 Å². The zero-order valence-corrected chi connectivity index (χ0v) is 7.17. The van der Waals surface area contributed by atoms with Crippen LogP contribution in [0.5, 0.6) is 5.88 Å². The van der Waals surface area contributed by atoms with Gasteiger partial charge >= 0.3 is 0 Å². The number of rotatable bonds is 2. The molecule has 0 N–H and O–H groups in total. The first-order chi connectivity index (χ1) is 5.18. The molecular formula is C7H9ClN2O. The van der Waals surface area contributed by atoms with Gasteiger partial charge in [-0.05, 0) is 13.8 Å². The molecule has 0 aliphatic carbocycles. The van der Waals surface area contributed by atoms with E-state index in [0.717, 1.165) is 0 Å². The molecule has 0 amide bonds. The van der Waals surface area contributed by atoms with Crippen molar-refractivity contribution in [1.82, 2.24) is 9.97 Å². The molecule has 1 aromatic rings. The smallest absolute Gasteiger partial charge is 0.218 e. The van der Waals surface area contributed by atoms with Crippen LogP contribution in [0.3, 0.4) is 0 Å². The van der Waals surface area contributed by atoms with E-state index in [1.807, 2.05) is 13.8 Å². The van der Waals surface area contributed by atoms with Gasteiger partial charge in [0.25, 0.3) is 0 Å². The van der Waals surface area contributed by atoms with Gasteiger partial charge in [0.1, 0.15) is 11.5 Å². The van der Waals surface area contributed by atoms with Gasteiger partial charge in [-0.2, -0.15) is 0 Å². The minimum atomic E-state index is 0.112. The maximum absolute atomic E-state index is 5.60. The van der Waals surface area contributed by atoms with E-state index in [1.54, 1.807) is 6.07 Å². The van der Waals surface area contributed by atoms with Crippen molar-refractivity contribution >= 4 is 11.6 Å². The van der Waals surface area contributed by atoms with Crippen LogP contribution < -0.4 is 4.74 Å². The van der Waals surface area contributed by atoms with Gasteiger partial charge in [0.05, 0.1) is 6.10 Å². The van der Waals surface area contributed by atoms with Crippen LogP contribution in [0.2, 0.25) is 5.15 Å². The Morgan fingerprint density at radius 3 is 2.73 bits per heavy atom. The summed E-state index contributed by atoms with van der Waals surface area (Å²) in [6, 6.07) is 1.58. The van der Waals surface area contributed by atoms with Gasteiger partial charge in [-0.15, -0.1) is 0 Å². The van der Waals surface area contributed by atoms with Crippen molar-refractivity contribution in [2.45, 2.75) is 20.0 Å². The largest absolute Gasteiger partial charge is 0.475 e. The maximum Gasteiger partial charge on any atom is 0.218 e. The summed E-state index contributed by atoms with van der Waals surface area (Å²) in [6.45, 7) is 3.85. The first kappa shape index (κ1) is 8.27. The fourth-order valence-corrected chi connectivity index (χ4v) is 0.760. The highest BCUT2D eigenvalue weighted by Crippen LogP contribution is 2.11. The predicted molar refractivity (Wildman–Crippen MR) is 42.8 cm³/mol. The molecule has 0 atom stereocenters. The van der Waals surface area contributed by atoms with E-state index < -0.39 is 0 Å². The van der Waals surface area contributed by atoms with Gasteiger partial charge in [0.15, 0.2) is 0 Å². The molecule has 0 unspecified atom stereocenters. The quantitative estimate of drug-likeness (QED) is 0.640. The molecule has 0 bridgehead atoms. The third-order valence-electron chi connectivity index (χ3n) is 0.965. The van der Waals surface area contributed by atoms with E-state index in [2.05, 4.69) is 9.97 Å². The van der Waals surface area contributed by atoms with Gasteiger partial charge < -0.3 is 4.74 Å². The van der Waals surface area contributed by atoms with Crippen molar-refractivity contribution in [3.05, 3.63) is 17.5 Å². The summed E-state index contributed by atoms with van der Waals surface area (Å²) < 4.78 is 5.26. The van der Waals surface area contributed by atoms with Crippen LogP contribution in [-0.2, 0) is 0 Å². The van der Waals surface area contributed by atoms with Gasteiger partial charge in [-0.1, -0.05) is 11.6 Å². The second-order valence-corrected chi connectivity index (χ2v) is 2.73. The molecule has 0 radical (unpaired) electrons. The average molecular weight is 173 g/mol. The molecule has 1 aromatic heterocycles. The minimum Gasteiger partial charge on any atom is -0.475 e. The molecule has 0 aliphatic heterocycles. The summed E-state index contributed by atoms with van der Waals surface area (Å²) in [5, 5.41) is 0.399. The number of nitrogens with zero attached hydrogens (tertiary/aromatic N) is 2. The molecule has 0 saturated heterocycles. The lowest BCUT2D eigenvalue weighted by atomic mass is 10.5. The molecule has 3 nitrogen and oxygen atoms in total. The first-order valence-electron chi connectivity index (χ1n) is 3.32. The van der Waals surface area contributed by atoms with Crippen LogP contribution >= 0.6 is 11.6 Å². The standard InChI is InChI=1S/C7H9ClN2O/c1-5(2)11-7-3-6(8)9-4-10-7/h3-5H,1-2H3. The number of halogens is 1. The van der Waals surface area contributed by atoms with Crippen LogP contribution in [0.25, 0.3) is 0 Å². The Labute approximate surface area is 70.4 Å². The molecule has 60 valence electrons. The molecule has 11 heavy (non-hydrogen) atoms. The normalized spacial score (nSPS) is 10.2. The van der Waals surface area contributed by atoms with Crippen molar-refractivity contribution in [3.63, 3.8) is 0 Å². The lowest BCUT2D eigenvalue weighted by Crippen LogP contribution is -2.06. The van der Waals surface area contributed by atoms with E-state index in [-0.39, 0.29) is 6.10 Å². The SMILES string of the molecule is CC(C)Oc1cc(Cl)ncn1. The highest BCUT2D eigenvalue weighted by atomic mass is 35.5. The molecule has 0 fully saturated rings. The minimum absolute atomic E-state index is 0.112. The van der Waals surface area contributed by atoms with Crippen LogP contribution in [0.1, 0.15) is 13.8 Å². The van der Waals surface area contributed by atoms with Crippen molar-refractivity contribution < 1.29 is 4.74 Å². The monoisotopic (exact) mass is 172 g/mol. The van der Waals surface area contributed by atoms with Gasteiger partial charge in [0.2, 0.25) is 5.88 Å². The molecule has 4 heteroatoms. The molecule has 1 heterocycles. The molecule has 0 saturated carbocycles. The number of aromatic nitrogens is 2. The average Bonchev–Trinajstić information content (AvgIpc) is 1.85. The third-order valence-corrected chi connectivity index (χ3v) is 1.17. The maximum atomic E-state index is 5.60. The predicted octanol–water partition coefficient (Wildman–Crippen LogP) is 1.92. The second-order valence-electron chi connectivity index (χ2n) is 2.35. The molecule has 1 rings (SSSR count). The fraction of sp³-hybridized carbons (Fsp3) is 0.429. The van der Waals surface area contributed by atoms with Crippen molar-refractivity contribution in [3.8, 4) is 5.88 Å². The Hall–Kier alpha value is -0.830. The number of ether oxygens (including phenoxy) is 1. The van der Waals surface area contributed by atoms with Gasteiger partial charge in [-0.3, -0.25) is 0 Å². The van der Waals surface area contributed by atoms with E-state index in [4.69, 9.17) is 16.3 Å². The Morgan fingerprint density at radius 1 is 1.45 bits per heavy atom. The molecule has 0 aromatic carbocycles. The lowest BCUT2D eigenvalue weighted by Gasteiger charge is -2.06.